The summed E-state index contributed by atoms with van der Waals surface area (Å²) in [5.74, 6) is -0.340. The Morgan fingerprint density at radius 1 is 1.14 bits per heavy atom. The molecule has 2 nitrogen and oxygen atoms in total. The average molecular weight is 312 g/mol. The molecule has 5 heteroatoms. The zero-order valence-electron chi connectivity index (χ0n) is 12.0. The Kier molecular flexibility index (Phi) is 4.68. The number of halogens is 3. The summed E-state index contributed by atoms with van der Waals surface area (Å²) in [6.07, 6.45) is 0. The molecule has 112 valence electrons. The number of anilines is 1. The summed E-state index contributed by atoms with van der Waals surface area (Å²) in [4.78, 5) is 0. The molecule has 2 aromatic rings. The van der Waals surface area contributed by atoms with E-state index in [2.05, 4.69) is 5.32 Å². The van der Waals surface area contributed by atoms with Crippen molar-refractivity contribution in [2.45, 2.75) is 19.9 Å². The molecule has 1 atom stereocenters. The SMILES string of the molecule is COc1cc(NC(C)c2cc(F)c(C)cc2F)ccc1Cl. The topological polar surface area (TPSA) is 21.3 Å². The average Bonchev–Trinajstić information content (AvgIpc) is 2.44. The molecule has 0 fully saturated rings. The van der Waals surface area contributed by atoms with Gasteiger partial charge in [0, 0.05) is 17.3 Å². The van der Waals surface area contributed by atoms with Crippen LogP contribution in [0.25, 0.3) is 0 Å². The van der Waals surface area contributed by atoms with Crippen LogP contribution in [0.2, 0.25) is 5.02 Å². The van der Waals surface area contributed by atoms with E-state index in [1.165, 1.54) is 26.2 Å². The predicted molar refractivity (Wildman–Crippen MR) is 81.1 cm³/mol. The fraction of sp³-hybridized carbons (Fsp3) is 0.250. The van der Waals surface area contributed by atoms with Gasteiger partial charge < -0.3 is 10.1 Å². The third-order valence-electron chi connectivity index (χ3n) is 3.28. The first-order valence-corrected chi connectivity index (χ1v) is 6.85. The quantitative estimate of drug-likeness (QED) is 0.847. The van der Waals surface area contributed by atoms with E-state index in [1.54, 1.807) is 25.1 Å². The van der Waals surface area contributed by atoms with E-state index in [4.69, 9.17) is 16.3 Å². The zero-order valence-corrected chi connectivity index (χ0v) is 12.8. The van der Waals surface area contributed by atoms with E-state index in [0.29, 0.717) is 16.5 Å². The number of nitrogens with one attached hydrogen (secondary N) is 1. The summed E-state index contributed by atoms with van der Waals surface area (Å²) in [6.45, 7) is 3.29. The van der Waals surface area contributed by atoms with Gasteiger partial charge in [-0.2, -0.15) is 0 Å². The molecule has 0 heterocycles. The van der Waals surface area contributed by atoms with Crippen molar-refractivity contribution in [1.29, 1.82) is 0 Å². The fourth-order valence-corrected chi connectivity index (χ4v) is 2.27. The molecule has 21 heavy (non-hydrogen) atoms. The first-order chi connectivity index (χ1) is 9.92. The highest BCUT2D eigenvalue weighted by molar-refractivity contribution is 6.32. The molecule has 1 unspecified atom stereocenters. The highest BCUT2D eigenvalue weighted by Crippen LogP contribution is 2.30. The molecule has 0 spiro atoms. The van der Waals surface area contributed by atoms with Gasteiger partial charge in [-0.15, -0.1) is 0 Å². The number of rotatable bonds is 4. The molecule has 0 aliphatic heterocycles. The molecule has 0 saturated heterocycles. The van der Waals surface area contributed by atoms with Crippen molar-refractivity contribution in [3.63, 3.8) is 0 Å². The molecule has 0 amide bonds. The second-order valence-corrected chi connectivity index (χ2v) is 5.25. The van der Waals surface area contributed by atoms with Crippen LogP contribution in [0.5, 0.6) is 5.75 Å². The number of methoxy groups -OCH3 is 1. The minimum Gasteiger partial charge on any atom is -0.495 e. The van der Waals surface area contributed by atoms with Crippen molar-refractivity contribution < 1.29 is 13.5 Å². The molecule has 0 radical (unpaired) electrons. The van der Waals surface area contributed by atoms with Crippen LogP contribution in [-0.4, -0.2) is 7.11 Å². The van der Waals surface area contributed by atoms with E-state index in [9.17, 15) is 8.78 Å². The van der Waals surface area contributed by atoms with Gasteiger partial charge in [0.2, 0.25) is 0 Å². The molecular weight excluding hydrogens is 296 g/mol. The molecule has 0 aromatic heterocycles. The lowest BCUT2D eigenvalue weighted by Gasteiger charge is -2.18. The lowest BCUT2D eigenvalue weighted by Crippen LogP contribution is -2.09. The summed E-state index contributed by atoms with van der Waals surface area (Å²) in [6, 6.07) is 7.17. The molecule has 2 rings (SSSR count). The van der Waals surface area contributed by atoms with Gasteiger partial charge in [0.25, 0.3) is 0 Å². The molecular formula is C16H16ClF2NO. The number of benzene rings is 2. The maximum absolute atomic E-state index is 13.9. The van der Waals surface area contributed by atoms with Crippen LogP contribution in [0.3, 0.4) is 0 Å². The van der Waals surface area contributed by atoms with Crippen molar-refractivity contribution in [3.8, 4) is 5.75 Å². The van der Waals surface area contributed by atoms with Crippen molar-refractivity contribution in [2.75, 3.05) is 12.4 Å². The van der Waals surface area contributed by atoms with Gasteiger partial charge in [-0.3, -0.25) is 0 Å². The van der Waals surface area contributed by atoms with Gasteiger partial charge >= 0.3 is 0 Å². The molecule has 0 aliphatic rings. The third kappa shape index (κ3) is 3.45. The van der Waals surface area contributed by atoms with Crippen molar-refractivity contribution in [1.82, 2.24) is 0 Å². The largest absolute Gasteiger partial charge is 0.495 e. The lowest BCUT2D eigenvalue weighted by molar-refractivity contribution is 0.415. The Balaban J connectivity index is 2.25. The van der Waals surface area contributed by atoms with Crippen LogP contribution in [-0.2, 0) is 0 Å². The van der Waals surface area contributed by atoms with Crippen LogP contribution in [0.4, 0.5) is 14.5 Å². The smallest absolute Gasteiger partial charge is 0.139 e. The maximum Gasteiger partial charge on any atom is 0.139 e. The van der Waals surface area contributed by atoms with Crippen LogP contribution < -0.4 is 10.1 Å². The number of hydrogen-bond donors (Lipinski definition) is 1. The van der Waals surface area contributed by atoms with Crippen LogP contribution in [0.1, 0.15) is 24.1 Å². The number of hydrogen-bond acceptors (Lipinski definition) is 2. The van der Waals surface area contributed by atoms with Gasteiger partial charge in [0.05, 0.1) is 18.2 Å². The van der Waals surface area contributed by atoms with Crippen molar-refractivity contribution in [2.24, 2.45) is 0 Å². The van der Waals surface area contributed by atoms with E-state index >= 15 is 0 Å². The Morgan fingerprint density at radius 3 is 2.52 bits per heavy atom. The van der Waals surface area contributed by atoms with Crippen molar-refractivity contribution >= 4 is 17.3 Å². The van der Waals surface area contributed by atoms with Crippen LogP contribution in [0, 0.1) is 18.6 Å². The van der Waals surface area contributed by atoms with E-state index in [1.807, 2.05) is 0 Å². The minimum atomic E-state index is -0.435. The standard InChI is InChI=1S/C16H16ClF2NO/c1-9-6-15(19)12(8-14(9)18)10(2)20-11-4-5-13(17)16(7-11)21-3/h4-8,10,20H,1-3H3. The first kappa shape index (κ1) is 15.6. The molecule has 0 bridgehead atoms. The van der Waals surface area contributed by atoms with E-state index in [-0.39, 0.29) is 11.1 Å². The van der Waals surface area contributed by atoms with Crippen molar-refractivity contribution in [3.05, 3.63) is 58.1 Å². The summed E-state index contributed by atoms with van der Waals surface area (Å²) in [7, 11) is 1.52. The minimum absolute atomic E-state index is 0.270. The molecule has 0 aliphatic carbocycles. The second-order valence-electron chi connectivity index (χ2n) is 4.84. The number of ether oxygens (including phenoxy) is 1. The fourth-order valence-electron chi connectivity index (χ4n) is 2.07. The monoisotopic (exact) mass is 311 g/mol. The Morgan fingerprint density at radius 2 is 1.86 bits per heavy atom. The Bertz CT molecular complexity index is 661. The Hall–Kier alpha value is -1.81. The number of aryl methyl sites for hydroxylation is 1. The molecule has 1 N–H and O–H groups in total. The highest BCUT2D eigenvalue weighted by Gasteiger charge is 2.14. The second kappa shape index (κ2) is 6.31. The van der Waals surface area contributed by atoms with Gasteiger partial charge in [-0.05, 0) is 43.7 Å². The van der Waals surface area contributed by atoms with Crippen LogP contribution >= 0.6 is 11.6 Å². The molecule has 0 saturated carbocycles. The zero-order chi connectivity index (χ0) is 15.6. The predicted octanol–water partition coefficient (Wildman–Crippen LogP) is 5.11. The lowest BCUT2D eigenvalue weighted by atomic mass is 10.0. The maximum atomic E-state index is 13.9. The van der Waals surface area contributed by atoms with Gasteiger partial charge in [-0.25, -0.2) is 8.78 Å². The highest BCUT2D eigenvalue weighted by atomic mass is 35.5. The van der Waals surface area contributed by atoms with Gasteiger partial charge in [-0.1, -0.05) is 11.6 Å². The summed E-state index contributed by atoms with van der Waals surface area (Å²) < 4.78 is 32.7. The summed E-state index contributed by atoms with van der Waals surface area (Å²) >= 11 is 5.95. The Labute approximate surface area is 127 Å². The van der Waals surface area contributed by atoms with E-state index in [0.717, 1.165) is 0 Å². The normalized spacial score (nSPS) is 12.1. The third-order valence-corrected chi connectivity index (χ3v) is 3.59. The van der Waals surface area contributed by atoms with Gasteiger partial charge in [0.15, 0.2) is 0 Å². The van der Waals surface area contributed by atoms with Gasteiger partial charge in [0.1, 0.15) is 17.4 Å². The molecule has 2 aromatic carbocycles. The van der Waals surface area contributed by atoms with E-state index < -0.39 is 17.7 Å². The first-order valence-electron chi connectivity index (χ1n) is 6.48. The summed E-state index contributed by atoms with van der Waals surface area (Å²) in [5, 5.41) is 3.59. The summed E-state index contributed by atoms with van der Waals surface area (Å²) in [5.41, 5.74) is 1.27. The van der Waals surface area contributed by atoms with Crippen LogP contribution in [0.15, 0.2) is 30.3 Å².